The molecule has 2 aliphatic carbocycles. The molecule has 7 saturated heterocycles. The van der Waals surface area contributed by atoms with Gasteiger partial charge in [0.05, 0.1) is 67.8 Å². The van der Waals surface area contributed by atoms with Crippen molar-refractivity contribution in [3.05, 3.63) is 71.8 Å². The number of rotatable bonds is 22. The maximum atomic E-state index is 13.2. The molecule has 9 fully saturated rings. The lowest BCUT2D eigenvalue weighted by molar-refractivity contribution is -0.376. The number of amides is 3. The van der Waals surface area contributed by atoms with E-state index in [4.69, 9.17) is 96.0 Å². The van der Waals surface area contributed by atoms with Crippen molar-refractivity contribution in [2.75, 3.05) is 53.5 Å². The van der Waals surface area contributed by atoms with Crippen molar-refractivity contribution in [2.45, 2.75) is 263 Å². The quantitative estimate of drug-likeness (QED) is 0.0487. The average Bonchev–Trinajstić information content (AvgIpc) is 1.50. The summed E-state index contributed by atoms with van der Waals surface area (Å²) in [6.07, 6.45) is -31.4. The van der Waals surface area contributed by atoms with Crippen molar-refractivity contribution in [3.8, 4) is 0 Å². The molecule has 3 amide bonds. The van der Waals surface area contributed by atoms with Gasteiger partial charge in [-0.2, -0.15) is 0 Å². The SMILES string of the molecule is C.C.CC1C[C@@H]2OC(O[C@H]3OC(CO)[C@@H](N)[C@H](O)C3O)C3C(OC(=O)N3C)C2O[C@@H]1O[C@@H]1C(NC(=O)OCc2ccccc2)C[C@@H](NC(=O)OCc2ccccc2)C(O)[C@H]1O.CNC1C(O[C@H]2OC(CO)[C@@H](N(CCN)CCN)[C@H](O)C2O)O[C@H]2CC(N)[C@@H](O[C@@H]3C(N)C[C@@H](N)C(O)[C@H]3O)OC2C1O. The molecule has 38 heteroatoms. The summed E-state index contributed by atoms with van der Waals surface area (Å²) >= 11 is 0. The first-order chi connectivity index (χ1) is 48.8. The van der Waals surface area contributed by atoms with Crippen molar-refractivity contribution >= 4 is 18.3 Å². The second-order valence-electron chi connectivity index (χ2n) is 27.3. The summed E-state index contributed by atoms with van der Waals surface area (Å²) in [6.45, 7) is 1.87. The number of hydrogen-bond acceptors (Lipinski definition) is 35. The van der Waals surface area contributed by atoms with Crippen LogP contribution in [0.2, 0.25) is 0 Å². The molecule has 104 heavy (non-hydrogen) atoms. The number of nitrogens with one attached hydrogen (secondary N) is 3. The lowest BCUT2D eigenvalue weighted by atomic mass is 9.83. The number of alkyl carbamates (subject to hydrolysis) is 2. The first kappa shape index (κ1) is 84.7. The summed E-state index contributed by atoms with van der Waals surface area (Å²) in [7, 11) is 3.02. The summed E-state index contributed by atoms with van der Waals surface area (Å²) in [5.74, 6) is -0.475. The van der Waals surface area contributed by atoms with E-state index in [2.05, 4.69) is 16.0 Å². The maximum Gasteiger partial charge on any atom is 0.410 e. The van der Waals surface area contributed by atoms with Crippen molar-refractivity contribution in [2.24, 2.45) is 40.3 Å². The molecule has 38 nitrogen and oxygen atoms in total. The smallest absolute Gasteiger partial charge is 0.410 e. The lowest BCUT2D eigenvalue weighted by Crippen LogP contribution is -2.70. The number of ether oxygens (including phenoxy) is 13. The predicted octanol–water partition coefficient (Wildman–Crippen LogP) is -7.25. The Kier molecular flexibility index (Phi) is 30.9. The van der Waals surface area contributed by atoms with Gasteiger partial charge in [-0.15, -0.1) is 0 Å². The first-order valence-electron chi connectivity index (χ1n) is 34.4. The van der Waals surface area contributed by atoms with E-state index in [1.54, 1.807) is 67.4 Å². The van der Waals surface area contributed by atoms with Crippen LogP contribution in [0.3, 0.4) is 0 Å². The summed E-state index contributed by atoms with van der Waals surface area (Å²) in [6, 6.07) is 9.91. The van der Waals surface area contributed by atoms with Gasteiger partial charge in [0.2, 0.25) is 0 Å². The van der Waals surface area contributed by atoms with Crippen LogP contribution >= 0.6 is 0 Å². The van der Waals surface area contributed by atoms with E-state index in [9.17, 15) is 70.6 Å². The molecule has 7 aliphatic heterocycles. The van der Waals surface area contributed by atoms with E-state index in [-0.39, 0.29) is 66.8 Å². The Morgan fingerprint density at radius 3 is 1.65 bits per heavy atom. The second-order valence-corrected chi connectivity index (χ2v) is 27.3. The number of carbonyl (C=O) groups excluding carboxylic acids is 3. The topological polar surface area (TPSA) is 592 Å². The van der Waals surface area contributed by atoms with Crippen molar-refractivity contribution in [1.29, 1.82) is 0 Å². The van der Waals surface area contributed by atoms with Gasteiger partial charge in [-0.1, -0.05) is 82.4 Å². The molecule has 18 unspecified atom stereocenters. The van der Waals surface area contributed by atoms with Crippen molar-refractivity contribution in [1.82, 2.24) is 25.8 Å². The fourth-order valence-corrected chi connectivity index (χ4v) is 14.8. The Morgan fingerprint density at radius 1 is 0.538 bits per heavy atom. The minimum Gasteiger partial charge on any atom is -0.445 e. The van der Waals surface area contributed by atoms with Gasteiger partial charge < -0.3 is 168 Å². The zero-order valence-corrected chi connectivity index (χ0v) is 56.7. The molecule has 11 rings (SSSR count). The van der Waals surface area contributed by atoms with E-state index in [0.29, 0.717) is 13.1 Å². The van der Waals surface area contributed by atoms with Crippen LogP contribution in [0.1, 0.15) is 58.6 Å². The van der Waals surface area contributed by atoms with Crippen LogP contribution in [-0.4, -0.2) is 340 Å². The molecule has 2 saturated carbocycles. The molecule has 34 atom stereocenters. The third-order valence-corrected chi connectivity index (χ3v) is 20.4. The van der Waals surface area contributed by atoms with E-state index < -0.39 is 239 Å². The van der Waals surface area contributed by atoms with Gasteiger partial charge >= 0.3 is 18.3 Å². The molecule has 0 spiro atoms. The second kappa shape index (κ2) is 38.0. The fourth-order valence-electron chi connectivity index (χ4n) is 14.8. The molecular formula is C66H111N11O27. The van der Waals surface area contributed by atoms with Crippen molar-refractivity contribution < 1.29 is 132 Å². The summed E-state index contributed by atoms with van der Waals surface area (Å²) in [5.41, 5.74) is 37.1. The van der Waals surface area contributed by atoms with E-state index in [1.807, 2.05) is 12.1 Å². The molecule has 2 aromatic carbocycles. The summed E-state index contributed by atoms with van der Waals surface area (Å²) in [5, 5.41) is 126. The number of likely N-dealkylation sites (N-methyl/N-ethyl adjacent to an activating group) is 2. The third kappa shape index (κ3) is 19.0. The highest BCUT2D eigenvalue weighted by Crippen LogP contribution is 2.43. The molecular weight excluding hydrogens is 1380 g/mol. The molecule has 592 valence electrons. The van der Waals surface area contributed by atoms with Gasteiger partial charge in [-0.3, -0.25) is 9.80 Å². The average molecular weight is 1490 g/mol. The highest BCUT2D eigenvalue weighted by Gasteiger charge is 2.62. The van der Waals surface area contributed by atoms with Crippen LogP contribution in [0, 0.1) is 5.92 Å². The maximum absolute atomic E-state index is 13.2. The number of hydrogen-bond donors (Lipinski definition) is 20. The van der Waals surface area contributed by atoms with Crippen LogP contribution in [0.4, 0.5) is 14.4 Å². The Bertz CT molecular complexity index is 2950. The van der Waals surface area contributed by atoms with Gasteiger partial charge in [0, 0.05) is 51.2 Å². The van der Waals surface area contributed by atoms with Crippen LogP contribution in [0.5, 0.6) is 0 Å². The highest BCUT2D eigenvalue weighted by atomic mass is 16.8. The minimum absolute atomic E-state index is 0. The van der Waals surface area contributed by atoms with Gasteiger partial charge in [-0.25, -0.2) is 14.4 Å². The third-order valence-electron chi connectivity index (χ3n) is 20.4. The predicted molar refractivity (Wildman–Crippen MR) is 360 cm³/mol. The number of benzene rings is 2. The monoisotopic (exact) mass is 1490 g/mol. The van der Waals surface area contributed by atoms with E-state index in [0.717, 1.165) is 11.1 Å². The van der Waals surface area contributed by atoms with Crippen LogP contribution < -0.4 is 50.4 Å². The Morgan fingerprint density at radius 2 is 1.07 bits per heavy atom. The normalized spacial score (nSPS) is 42.6. The molecule has 0 bridgehead atoms. The van der Waals surface area contributed by atoms with Gasteiger partial charge in [0.25, 0.3) is 0 Å². The minimum atomic E-state index is -1.67. The molecule has 26 N–H and O–H groups in total. The van der Waals surface area contributed by atoms with Gasteiger partial charge in [0.1, 0.15) is 105 Å². The highest BCUT2D eigenvalue weighted by molar-refractivity contribution is 5.71. The molecule has 2 aromatic rings. The Labute approximate surface area is 602 Å². The van der Waals surface area contributed by atoms with Crippen LogP contribution in [-0.2, 0) is 74.8 Å². The summed E-state index contributed by atoms with van der Waals surface area (Å²) < 4.78 is 77.4. The number of aliphatic hydroxyl groups is 11. The number of nitrogens with zero attached hydrogens (tertiary/aromatic N) is 2. The Hall–Kier alpha value is -4.91. The molecule has 7 heterocycles. The van der Waals surface area contributed by atoms with E-state index >= 15 is 0 Å². The Balaban J connectivity index is 0.000000271. The number of carbonyl (C=O) groups is 3. The molecule has 0 radical (unpaired) electrons. The number of nitrogens with two attached hydrogens (primary N) is 6. The first-order valence-corrected chi connectivity index (χ1v) is 34.4. The zero-order chi connectivity index (χ0) is 73.5. The van der Waals surface area contributed by atoms with Crippen molar-refractivity contribution in [3.63, 3.8) is 0 Å². The fraction of sp³-hybridized carbons (Fsp3) is 0.773. The standard InChI is InChI=1S/C39H52N4O16.C25H51N7O11.2CH4/c1-18-13-23-32(33-26(43(2)39(51)58-33)35(54-23)59-36-30(48)28(46)25(40)24(15-44)55-36)57-34(18)56-31-22(42-38(50)53-17-20-11-7-4-8-12-20)14-21(27(45)29(31)47)41-37(49)52-16-19-9-5-3-6-10-19;1-31-14-17(35)22-12(7-11(30)23(42-22)41-21-10(29)6-9(28)16(34)19(21)37)39-24(14)43-25-20(38)18(36)15(13(8-33)40-25)32(4-2-26)5-3-27;;/h3-12,18,21-36,44-48H,13-17,40H2,1-2H3,(H,41,49)(H,42,50);9-25,31,33-38H,2-8,26-30H2,1H3;2*1H4/t18?,21-,22?,23+,24?,25-,26?,27?,28+,29-,30?,31-,32?,33?,34+,35?,36-;9-,10?,11?,12+,13?,14?,15-,16?,17?,18+,19-,20?,21-,22?,23+,24?,25-;;/m11../s1. The van der Waals surface area contributed by atoms with E-state index in [1.165, 1.54) is 11.9 Å². The molecule has 0 aromatic heterocycles. The largest absolute Gasteiger partial charge is 0.445 e. The van der Waals surface area contributed by atoms with Gasteiger partial charge in [-0.05, 0) is 43.9 Å². The molecule has 9 aliphatic rings. The lowest BCUT2D eigenvalue weighted by Gasteiger charge is -2.52. The zero-order valence-electron chi connectivity index (χ0n) is 56.7. The number of fused-ring (bicyclic) bond motifs is 4. The summed E-state index contributed by atoms with van der Waals surface area (Å²) in [4.78, 5) is 42.0. The van der Waals surface area contributed by atoms with Crippen LogP contribution in [0.25, 0.3) is 0 Å². The van der Waals surface area contributed by atoms with Crippen LogP contribution in [0.15, 0.2) is 60.7 Å². The van der Waals surface area contributed by atoms with Gasteiger partial charge in [0.15, 0.2) is 43.8 Å². The number of aliphatic hydroxyl groups excluding tert-OH is 11.